The van der Waals surface area contributed by atoms with Crippen LogP contribution in [0, 0.1) is 5.92 Å². The average Bonchev–Trinajstić information content (AvgIpc) is 3.61. The fourth-order valence-electron chi connectivity index (χ4n) is 5.03. The Labute approximate surface area is 219 Å². The lowest BCUT2D eigenvalue weighted by Gasteiger charge is -2.26. The Kier molecular flexibility index (Phi) is 7.53. The van der Waals surface area contributed by atoms with Crippen LogP contribution in [-0.4, -0.2) is 51.5 Å². The third-order valence-electron chi connectivity index (χ3n) is 7.42. The monoisotopic (exact) mass is 524 g/mol. The first-order chi connectivity index (χ1) is 18.3. The quantitative estimate of drug-likeness (QED) is 0.332. The fourth-order valence-corrected chi connectivity index (χ4v) is 5.03. The first-order valence-corrected chi connectivity index (χ1v) is 12.7. The molecule has 10 heteroatoms. The molecule has 2 atom stereocenters. The summed E-state index contributed by atoms with van der Waals surface area (Å²) in [6, 6.07) is 13.5. The Morgan fingerprint density at radius 3 is 2.18 bits per heavy atom. The van der Waals surface area contributed by atoms with Crippen molar-refractivity contribution < 1.29 is 28.5 Å². The molecule has 4 N–H and O–H groups in total. The van der Waals surface area contributed by atoms with Gasteiger partial charge in [0, 0.05) is 30.2 Å². The lowest BCUT2D eigenvalue weighted by Crippen LogP contribution is -2.40. The zero-order valence-electron chi connectivity index (χ0n) is 20.7. The lowest BCUT2D eigenvalue weighted by molar-refractivity contribution is -0.124. The topological polar surface area (TPSA) is 117 Å². The van der Waals surface area contributed by atoms with Gasteiger partial charge in [-0.2, -0.15) is 8.78 Å². The predicted octanol–water partition coefficient (Wildman–Crippen LogP) is 4.16. The van der Waals surface area contributed by atoms with Gasteiger partial charge in [-0.1, -0.05) is 24.3 Å². The van der Waals surface area contributed by atoms with Crippen LogP contribution in [0.3, 0.4) is 0 Å². The van der Waals surface area contributed by atoms with Crippen molar-refractivity contribution in [2.75, 3.05) is 11.9 Å². The van der Waals surface area contributed by atoms with E-state index in [1.807, 2.05) is 24.3 Å². The SMILES string of the molecule is O=C(NCC1CCC(O)CC1)[C@]1(c2ccc(Nc3ncc(-c4ccc(OC(F)F)cc4)cn3)cc2)CC1O. The molecule has 38 heavy (non-hydrogen) atoms. The van der Waals surface area contributed by atoms with Crippen LogP contribution >= 0.6 is 0 Å². The third kappa shape index (κ3) is 5.76. The van der Waals surface area contributed by atoms with Gasteiger partial charge in [-0.25, -0.2) is 9.97 Å². The van der Waals surface area contributed by atoms with Crippen LogP contribution in [0.15, 0.2) is 60.9 Å². The molecule has 2 aromatic carbocycles. The molecule has 5 rings (SSSR count). The summed E-state index contributed by atoms with van der Waals surface area (Å²) in [6.45, 7) is -2.32. The molecular weight excluding hydrogens is 494 g/mol. The number of aliphatic hydroxyl groups is 2. The highest BCUT2D eigenvalue weighted by molar-refractivity contribution is 5.92. The molecule has 2 aliphatic rings. The van der Waals surface area contributed by atoms with Crippen molar-refractivity contribution in [2.45, 2.75) is 56.3 Å². The molecule has 1 amide bonds. The van der Waals surface area contributed by atoms with E-state index in [1.54, 1.807) is 24.5 Å². The number of ether oxygens (including phenoxy) is 1. The summed E-state index contributed by atoms with van der Waals surface area (Å²) in [5.41, 5.74) is 2.02. The summed E-state index contributed by atoms with van der Waals surface area (Å²) < 4.78 is 29.0. The number of carbonyl (C=O) groups excluding carboxylic acids is 1. The van der Waals surface area contributed by atoms with Crippen molar-refractivity contribution in [3.63, 3.8) is 0 Å². The molecule has 1 unspecified atom stereocenters. The van der Waals surface area contributed by atoms with Crippen LogP contribution in [0.1, 0.15) is 37.7 Å². The molecule has 2 fully saturated rings. The van der Waals surface area contributed by atoms with Crippen LogP contribution in [0.5, 0.6) is 5.75 Å². The number of carbonyl (C=O) groups is 1. The number of hydrogen-bond donors (Lipinski definition) is 4. The summed E-state index contributed by atoms with van der Waals surface area (Å²) >= 11 is 0. The Balaban J connectivity index is 1.18. The van der Waals surface area contributed by atoms with E-state index in [0.29, 0.717) is 24.8 Å². The number of benzene rings is 2. The van der Waals surface area contributed by atoms with Gasteiger partial charge in [0.1, 0.15) is 11.2 Å². The van der Waals surface area contributed by atoms with E-state index in [2.05, 4.69) is 25.3 Å². The van der Waals surface area contributed by atoms with Crippen LogP contribution in [-0.2, 0) is 10.2 Å². The standard InChI is InChI=1S/C28H30F2N4O4/c29-26(30)38-23-11-3-18(4-12-23)19-15-32-27(33-16-19)34-21-7-5-20(6-8-21)28(13-24(28)36)25(37)31-14-17-1-9-22(35)10-2-17/h3-8,11-12,15-17,22,24,26,35-36H,1-2,9-10,13-14H2,(H,31,37)(H,32,33,34)/t17?,22?,24?,28-/m0/s1. The zero-order chi connectivity index (χ0) is 26.7. The number of aliphatic hydroxyl groups excluding tert-OH is 2. The molecule has 200 valence electrons. The number of nitrogens with one attached hydrogen (secondary N) is 2. The maximum atomic E-state index is 13.0. The Hall–Kier alpha value is -3.63. The van der Waals surface area contributed by atoms with Crippen molar-refractivity contribution in [1.82, 2.24) is 15.3 Å². The second-order valence-corrected chi connectivity index (χ2v) is 9.98. The van der Waals surface area contributed by atoms with Crippen molar-refractivity contribution in [3.05, 3.63) is 66.5 Å². The molecule has 0 bridgehead atoms. The minimum atomic E-state index is -2.87. The van der Waals surface area contributed by atoms with Gasteiger partial charge >= 0.3 is 6.61 Å². The maximum absolute atomic E-state index is 13.0. The van der Waals surface area contributed by atoms with Crippen LogP contribution in [0.25, 0.3) is 11.1 Å². The zero-order valence-corrected chi connectivity index (χ0v) is 20.7. The Morgan fingerprint density at radius 1 is 0.974 bits per heavy atom. The first kappa shape index (κ1) is 26.0. The first-order valence-electron chi connectivity index (χ1n) is 12.7. The molecule has 8 nitrogen and oxygen atoms in total. The molecule has 2 saturated carbocycles. The molecule has 0 radical (unpaired) electrons. The summed E-state index contributed by atoms with van der Waals surface area (Å²) in [5.74, 6) is 0.640. The number of anilines is 2. The largest absolute Gasteiger partial charge is 0.435 e. The summed E-state index contributed by atoms with van der Waals surface area (Å²) in [4.78, 5) is 21.7. The Bertz CT molecular complexity index is 1230. The molecular formula is C28H30F2N4O4. The van der Waals surface area contributed by atoms with Gasteiger partial charge in [0.05, 0.1) is 12.2 Å². The number of halogens is 2. The van der Waals surface area contributed by atoms with Crippen LogP contribution < -0.4 is 15.4 Å². The number of aromatic nitrogens is 2. The minimum Gasteiger partial charge on any atom is -0.435 e. The number of rotatable bonds is 9. The smallest absolute Gasteiger partial charge is 0.387 e. The highest BCUT2D eigenvalue weighted by Crippen LogP contribution is 2.49. The third-order valence-corrected chi connectivity index (χ3v) is 7.42. The lowest BCUT2D eigenvalue weighted by atomic mass is 9.87. The van der Waals surface area contributed by atoms with Gasteiger partial charge in [-0.05, 0) is 73.4 Å². The molecule has 1 aromatic heterocycles. The van der Waals surface area contributed by atoms with Gasteiger partial charge in [-0.15, -0.1) is 0 Å². The van der Waals surface area contributed by atoms with Gasteiger partial charge in [0.2, 0.25) is 11.9 Å². The molecule has 0 aliphatic heterocycles. The maximum Gasteiger partial charge on any atom is 0.387 e. The fraction of sp³-hybridized carbons (Fsp3) is 0.393. The van der Waals surface area contributed by atoms with Crippen molar-refractivity contribution in [1.29, 1.82) is 0 Å². The van der Waals surface area contributed by atoms with Gasteiger partial charge in [-0.3, -0.25) is 4.79 Å². The van der Waals surface area contributed by atoms with E-state index >= 15 is 0 Å². The second kappa shape index (κ2) is 11.0. The van der Waals surface area contributed by atoms with E-state index < -0.39 is 18.1 Å². The predicted molar refractivity (Wildman–Crippen MR) is 137 cm³/mol. The van der Waals surface area contributed by atoms with Gasteiger partial charge < -0.3 is 25.6 Å². The summed E-state index contributed by atoms with van der Waals surface area (Å²) in [5, 5.41) is 26.2. The van der Waals surface area contributed by atoms with Crippen molar-refractivity contribution >= 4 is 17.5 Å². The molecule has 0 spiro atoms. The van der Waals surface area contributed by atoms with E-state index in [1.165, 1.54) is 12.1 Å². The minimum absolute atomic E-state index is 0.0781. The number of amides is 1. The molecule has 1 heterocycles. The molecule has 0 saturated heterocycles. The Morgan fingerprint density at radius 2 is 1.61 bits per heavy atom. The summed E-state index contributed by atoms with van der Waals surface area (Å²) in [7, 11) is 0. The van der Waals surface area contributed by atoms with Gasteiger partial charge in [0.15, 0.2) is 0 Å². The van der Waals surface area contributed by atoms with Gasteiger partial charge in [0.25, 0.3) is 0 Å². The van der Waals surface area contributed by atoms with Crippen LogP contribution in [0.4, 0.5) is 20.4 Å². The van der Waals surface area contributed by atoms with E-state index in [-0.39, 0.29) is 17.8 Å². The van der Waals surface area contributed by atoms with Crippen molar-refractivity contribution in [2.24, 2.45) is 5.92 Å². The number of hydrogen-bond acceptors (Lipinski definition) is 7. The highest BCUT2D eigenvalue weighted by Gasteiger charge is 2.60. The van der Waals surface area contributed by atoms with Crippen molar-refractivity contribution in [3.8, 4) is 16.9 Å². The summed E-state index contributed by atoms with van der Waals surface area (Å²) in [6.07, 6.45) is 5.99. The van der Waals surface area contributed by atoms with E-state index in [9.17, 15) is 23.8 Å². The van der Waals surface area contributed by atoms with E-state index in [4.69, 9.17) is 0 Å². The average molecular weight is 525 g/mol. The number of alkyl halides is 2. The molecule has 2 aliphatic carbocycles. The molecule has 3 aromatic rings. The van der Waals surface area contributed by atoms with Crippen LogP contribution in [0.2, 0.25) is 0 Å². The van der Waals surface area contributed by atoms with E-state index in [0.717, 1.165) is 48.1 Å². The second-order valence-electron chi connectivity index (χ2n) is 9.98. The highest BCUT2D eigenvalue weighted by atomic mass is 19.3. The normalized spacial score (nSPS) is 24.6. The number of nitrogens with zero attached hydrogens (tertiary/aromatic N) is 2.